The number of carbonyl (C=O) groups excluding carboxylic acids is 2. The molecule has 2 saturated heterocycles. The van der Waals surface area contributed by atoms with Gasteiger partial charge in [-0.15, -0.1) is 0 Å². The third-order valence-corrected chi connectivity index (χ3v) is 7.52. The molecule has 0 aromatic heterocycles. The molecule has 2 aromatic rings. The Morgan fingerprint density at radius 1 is 1.17 bits per heavy atom. The molecule has 188 valence electrons. The van der Waals surface area contributed by atoms with E-state index < -0.39 is 23.0 Å². The van der Waals surface area contributed by atoms with Crippen molar-refractivity contribution in [3.8, 4) is 0 Å². The number of nitrogens with one attached hydrogen (secondary N) is 1. The lowest BCUT2D eigenvalue weighted by Gasteiger charge is -2.51. The molecule has 0 aliphatic carbocycles. The van der Waals surface area contributed by atoms with E-state index in [1.54, 1.807) is 17.0 Å². The number of hydrogen-bond acceptors (Lipinski definition) is 5. The third kappa shape index (κ3) is 5.63. The van der Waals surface area contributed by atoms with Gasteiger partial charge in [0.15, 0.2) is 0 Å². The molecule has 0 unspecified atom stereocenters. The van der Waals surface area contributed by atoms with Gasteiger partial charge in [-0.2, -0.15) is 0 Å². The van der Waals surface area contributed by atoms with Crippen LogP contribution in [0.5, 0.6) is 0 Å². The molecule has 4 rings (SSSR count). The first kappa shape index (κ1) is 25.5. The second-order valence-corrected chi connectivity index (χ2v) is 10.5. The molecule has 2 N–H and O–H groups in total. The summed E-state index contributed by atoms with van der Waals surface area (Å²) in [5, 5.41) is 15.1. The number of rotatable bonds is 5. The van der Waals surface area contributed by atoms with E-state index in [1.807, 2.05) is 56.3 Å². The average Bonchev–Trinajstić information content (AvgIpc) is 2.85. The molecule has 0 radical (unpaired) electrons. The number of benzene rings is 2. The molecule has 0 saturated carbocycles. The monoisotopic (exact) mass is 500 g/mol. The fraction of sp³-hybridized carbons (Fsp3) is 0.481. The molecule has 2 amide bonds. The fourth-order valence-corrected chi connectivity index (χ4v) is 5.20. The molecule has 2 heterocycles. The van der Waals surface area contributed by atoms with Crippen molar-refractivity contribution >= 4 is 23.6 Å². The average molecular weight is 501 g/mol. The van der Waals surface area contributed by atoms with Crippen LogP contribution in [0.15, 0.2) is 54.6 Å². The highest BCUT2D eigenvalue weighted by Crippen LogP contribution is 2.46. The number of carbonyl (C=O) groups is 2. The highest BCUT2D eigenvalue weighted by Gasteiger charge is 2.50. The van der Waals surface area contributed by atoms with Crippen LogP contribution in [0.2, 0.25) is 5.02 Å². The maximum Gasteiger partial charge on any atom is 0.407 e. The number of likely N-dealkylation sites (tertiary alicyclic amines) is 1. The predicted octanol–water partition coefficient (Wildman–Crippen LogP) is 4.12. The van der Waals surface area contributed by atoms with Gasteiger partial charge in [0.25, 0.3) is 0 Å². The summed E-state index contributed by atoms with van der Waals surface area (Å²) in [5.41, 5.74) is 0.00433. The first-order valence-corrected chi connectivity index (χ1v) is 12.4. The van der Waals surface area contributed by atoms with Crippen molar-refractivity contribution in [3.63, 3.8) is 0 Å². The topological polar surface area (TPSA) is 88.1 Å². The van der Waals surface area contributed by atoms with E-state index in [-0.39, 0.29) is 25.2 Å². The Bertz CT molecular complexity index is 1030. The third-order valence-electron chi connectivity index (χ3n) is 7.27. The smallest absolute Gasteiger partial charge is 0.407 e. The van der Waals surface area contributed by atoms with Crippen molar-refractivity contribution in [1.29, 1.82) is 0 Å². The Balaban J connectivity index is 1.40. The minimum absolute atomic E-state index is 0.0794. The lowest BCUT2D eigenvalue weighted by atomic mass is 9.66. The number of hydrogen-bond donors (Lipinski definition) is 2. The maximum absolute atomic E-state index is 13.6. The zero-order valence-corrected chi connectivity index (χ0v) is 21.0. The summed E-state index contributed by atoms with van der Waals surface area (Å²) in [6, 6.07) is 16.3. The second kappa shape index (κ2) is 10.6. The highest BCUT2D eigenvalue weighted by molar-refractivity contribution is 6.30. The summed E-state index contributed by atoms with van der Waals surface area (Å²) in [5.74, 6) is -0.588. The quantitative estimate of drug-likeness (QED) is 0.645. The molecular weight excluding hydrogens is 468 g/mol. The molecule has 0 bridgehead atoms. The van der Waals surface area contributed by atoms with E-state index in [0.29, 0.717) is 37.6 Å². The normalized spacial score (nSPS) is 26.1. The van der Waals surface area contributed by atoms with Crippen LogP contribution in [-0.2, 0) is 26.5 Å². The largest absolute Gasteiger partial charge is 0.445 e. The van der Waals surface area contributed by atoms with Gasteiger partial charge in [-0.3, -0.25) is 4.79 Å². The van der Waals surface area contributed by atoms with Crippen molar-refractivity contribution < 1.29 is 24.2 Å². The van der Waals surface area contributed by atoms with E-state index in [2.05, 4.69) is 5.32 Å². The van der Waals surface area contributed by atoms with Gasteiger partial charge in [0.2, 0.25) is 5.91 Å². The van der Waals surface area contributed by atoms with E-state index in [1.165, 1.54) is 0 Å². The Morgan fingerprint density at radius 3 is 2.57 bits per heavy atom. The summed E-state index contributed by atoms with van der Waals surface area (Å²) >= 11 is 6.03. The van der Waals surface area contributed by atoms with Gasteiger partial charge < -0.3 is 24.8 Å². The van der Waals surface area contributed by atoms with Gasteiger partial charge in [0.1, 0.15) is 6.61 Å². The van der Waals surface area contributed by atoms with Crippen molar-refractivity contribution in [2.75, 3.05) is 26.3 Å². The summed E-state index contributed by atoms with van der Waals surface area (Å²) in [4.78, 5) is 27.8. The van der Waals surface area contributed by atoms with Crippen molar-refractivity contribution in [1.82, 2.24) is 10.2 Å². The molecule has 2 aromatic carbocycles. The zero-order valence-electron chi connectivity index (χ0n) is 20.2. The van der Waals surface area contributed by atoms with Gasteiger partial charge >= 0.3 is 6.09 Å². The standard InChI is InChI=1S/C27H33ClN2O5/c1-26(2)18-30(14-13-27(26,33)20-8-10-21(28)11-9-20)24(31)22-17-34-15-12-23(22)29-25(32)35-16-19-6-4-3-5-7-19/h3-11,22-23,33H,12-18H2,1-2H3,(H,29,32)/t22-,23+,27-/m0/s1. The predicted molar refractivity (Wildman–Crippen MR) is 133 cm³/mol. The van der Waals surface area contributed by atoms with E-state index in [9.17, 15) is 14.7 Å². The molecule has 35 heavy (non-hydrogen) atoms. The lowest BCUT2D eigenvalue weighted by molar-refractivity contribution is -0.160. The van der Waals surface area contributed by atoms with Crippen LogP contribution in [0, 0.1) is 11.3 Å². The minimum atomic E-state index is -1.09. The Kier molecular flexibility index (Phi) is 7.69. The second-order valence-electron chi connectivity index (χ2n) is 10.0. The van der Waals surface area contributed by atoms with Crippen molar-refractivity contribution in [2.45, 2.75) is 44.9 Å². The van der Waals surface area contributed by atoms with Gasteiger partial charge in [0.05, 0.1) is 18.1 Å². The summed E-state index contributed by atoms with van der Waals surface area (Å²) < 4.78 is 11.0. The molecule has 2 aliphatic rings. The number of amides is 2. The van der Waals surface area contributed by atoms with E-state index in [4.69, 9.17) is 21.1 Å². The zero-order chi connectivity index (χ0) is 25.1. The first-order chi connectivity index (χ1) is 16.7. The number of ether oxygens (including phenoxy) is 2. The Hall–Kier alpha value is -2.61. The van der Waals surface area contributed by atoms with Gasteiger partial charge in [-0.05, 0) is 36.1 Å². The number of nitrogens with zero attached hydrogens (tertiary/aromatic N) is 1. The summed E-state index contributed by atoms with van der Waals surface area (Å²) in [6.07, 6.45) is 0.385. The number of aliphatic hydroxyl groups is 1. The maximum atomic E-state index is 13.6. The molecule has 2 fully saturated rings. The van der Waals surface area contributed by atoms with Crippen LogP contribution in [-0.4, -0.2) is 54.4 Å². The summed E-state index contributed by atoms with van der Waals surface area (Å²) in [7, 11) is 0. The van der Waals surface area contributed by atoms with Crippen LogP contribution in [0.25, 0.3) is 0 Å². The van der Waals surface area contributed by atoms with Crippen LogP contribution in [0.4, 0.5) is 4.79 Å². The van der Waals surface area contributed by atoms with E-state index in [0.717, 1.165) is 11.1 Å². The van der Waals surface area contributed by atoms with Crippen LogP contribution in [0.3, 0.4) is 0 Å². The fourth-order valence-electron chi connectivity index (χ4n) is 5.08. The molecule has 2 aliphatic heterocycles. The molecule has 0 spiro atoms. The van der Waals surface area contributed by atoms with Crippen LogP contribution >= 0.6 is 11.6 Å². The van der Waals surface area contributed by atoms with E-state index >= 15 is 0 Å². The Labute approximate surface area is 211 Å². The lowest BCUT2D eigenvalue weighted by Crippen LogP contribution is -2.60. The van der Waals surface area contributed by atoms with Crippen molar-refractivity contribution in [2.24, 2.45) is 11.3 Å². The summed E-state index contributed by atoms with van der Waals surface area (Å²) in [6.45, 7) is 5.59. The molecule has 7 nitrogen and oxygen atoms in total. The Morgan fingerprint density at radius 2 is 1.89 bits per heavy atom. The van der Waals surface area contributed by atoms with Gasteiger partial charge in [-0.1, -0.05) is 67.9 Å². The van der Waals surface area contributed by atoms with Gasteiger partial charge in [0, 0.05) is 36.2 Å². The van der Waals surface area contributed by atoms with Crippen LogP contribution < -0.4 is 5.32 Å². The first-order valence-electron chi connectivity index (χ1n) is 12.0. The SMILES string of the molecule is CC1(C)CN(C(=O)[C@H]2COCC[C@H]2NC(=O)OCc2ccccc2)CC[C@]1(O)c1ccc(Cl)cc1. The highest BCUT2D eigenvalue weighted by atomic mass is 35.5. The molecular formula is C27H33ClN2O5. The number of alkyl carbamates (subject to hydrolysis) is 1. The van der Waals surface area contributed by atoms with Crippen molar-refractivity contribution in [3.05, 3.63) is 70.7 Å². The minimum Gasteiger partial charge on any atom is -0.445 e. The van der Waals surface area contributed by atoms with Crippen LogP contribution in [0.1, 0.15) is 37.8 Å². The molecule has 8 heteroatoms. The van der Waals surface area contributed by atoms with Gasteiger partial charge in [-0.25, -0.2) is 4.79 Å². The molecule has 3 atom stereocenters. The number of piperidine rings is 1. The number of halogens is 1.